The number of nitrogens with one attached hydrogen (secondary N) is 1. The minimum Gasteiger partial charge on any atom is -0.356 e. The van der Waals surface area contributed by atoms with Gasteiger partial charge in [0, 0.05) is 24.5 Å². The summed E-state index contributed by atoms with van der Waals surface area (Å²) in [4.78, 5) is 56.1. The van der Waals surface area contributed by atoms with E-state index >= 15 is 0 Å². The molecule has 1 unspecified atom stereocenters. The van der Waals surface area contributed by atoms with Gasteiger partial charge in [0.25, 0.3) is 5.91 Å². The van der Waals surface area contributed by atoms with Crippen molar-refractivity contribution in [2.24, 2.45) is 0 Å². The van der Waals surface area contributed by atoms with Gasteiger partial charge in [-0.05, 0) is 26.8 Å². The molecule has 3 aromatic rings. The highest BCUT2D eigenvalue weighted by Crippen LogP contribution is 2.34. The summed E-state index contributed by atoms with van der Waals surface area (Å²) >= 11 is 0. The number of halogens is 3. The topological polar surface area (TPSA) is 146 Å². The van der Waals surface area contributed by atoms with Crippen LogP contribution in [0.1, 0.15) is 41.6 Å². The molecule has 1 aliphatic heterocycles. The maximum Gasteiger partial charge on any atom is 0.418 e. The van der Waals surface area contributed by atoms with Gasteiger partial charge in [0.15, 0.2) is 17.3 Å². The predicted molar refractivity (Wildman–Crippen MR) is 127 cm³/mol. The number of anilines is 2. The maximum atomic E-state index is 13.3. The number of ketones is 1. The number of fused-ring (bicyclic) bond motifs is 1. The molecule has 4 rings (SSSR count). The molecule has 2 amide bonds. The van der Waals surface area contributed by atoms with Crippen molar-refractivity contribution >= 4 is 29.2 Å². The molecule has 2 N–H and O–H groups in total. The van der Waals surface area contributed by atoms with Crippen LogP contribution in [0.2, 0.25) is 0 Å². The highest BCUT2D eigenvalue weighted by molar-refractivity contribution is 6.02. The van der Waals surface area contributed by atoms with E-state index < -0.39 is 35.9 Å². The average molecular weight is 532 g/mol. The molecule has 0 spiro atoms. The van der Waals surface area contributed by atoms with Gasteiger partial charge in [-0.2, -0.15) is 13.2 Å². The Balaban J connectivity index is 1.59. The summed E-state index contributed by atoms with van der Waals surface area (Å²) in [6.45, 7) is 3.66. The number of Topliss-reactive ketones (excluding diaryl/α,β-unsaturated/α-hetero) is 1. The molecular formula is C23H23F3N8O4. The van der Waals surface area contributed by atoms with E-state index in [1.807, 2.05) is 0 Å². The molecule has 0 radical (unpaired) electrons. The molecule has 38 heavy (non-hydrogen) atoms. The van der Waals surface area contributed by atoms with Gasteiger partial charge in [0.05, 0.1) is 36.5 Å². The van der Waals surface area contributed by atoms with Crippen LogP contribution in [0, 0.1) is 6.92 Å². The van der Waals surface area contributed by atoms with Crippen molar-refractivity contribution < 1.29 is 32.7 Å². The Morgan fingerprint density at radius 3 is 2.58 bits per heavy atom. The van der Waals surface area contributed by atoms with Crippen LogP contribution in [0.4, 0.5) is 24.8 Å². The van der Waals surface area contributed by atoms with Gasteiger partial charge in [0.1, 0.15) is 11.8 Å². The van der Waals surface area contributed by atoms with Crippen LogP contribution in [0.5, 0.6) is 0 Å². The number of carbonyl (C=O) groups is 3. The quantitative estimate of drug-likeness (QED) is 0.487. The molecule has 15 heteroatoms. The molecule has 0 aromatic carbocycles. The van der Waals surface area contributed by atoms with Crippen molar-refractivity contribution in [3.63, 3.8) is 0 Å². The van der Waals surface area contributed by atoms with Crippen molar-refractivity contribution in [3.8, 4) is 11.3 Å². The number of imidazole rings is 1. The number of alkyl halides is 3. The molecule has 0 aliphatic carbocycles. The zero-order valence-corrected chi connectivity index (χ0v) is 20.7. The first-order valence-electron chi connectivity index (χ1n) is 11.2. The van der Waals surface area contributed by atoms with Crippen molar-refractivity contribution in [1.82, 2.24) is 29.4 Å². The second kappa shape index (κ2) is 9.81. The first-order chi connectivity index (χ1) is 17.8. The van der Waals surface area contributed by atoms with Crippen LogP contribution in [0.15, 0.2) is 31.0 Å². The summed E-state index contributed by atoms with van der Waals surface area (Å²) in [7, 11) is 1.48. The molecule has 2 atom stereocenters. The molecule has 1 aliphatic rings. The lowest BCUT2D eigenvalue weighted by molar-refractivity contribution is -0.138. The molecule has 3 aromatic heterocycles. The Morgan fingerprint density at radius 2 is 1.92 bits per heavy atom. The van der Waals surface area contributed by atoms with Gasteiger partial charge < -0.3 is 19.9 Å². The Hall–Kier alpha value is -4.40. The third-order valence-electron chi connectivity index (χ3n) is 5.96. The number of aryl methyl sites for hydroxylation is 1. The summed E-state index contributed by atoms with van der Waals surface area (Å²) in [6, 6.07) is -0.108. The van der Waals surface area contributed by atoms with Crippen molar-refractivity contribution in [3.05, 3.63) is 47.9 Å². The molecule has 200 valence electrons. The van der Waals surface area contributed by atoms with Crippen LogP contribution >= 0.6 is 0 Å². The molecule has 0 bridgehead atoms. The second-order valence-electron chi connectivity index (χ2n) is 8.73. The summed E-state index contributed by atoms with van der Waals surface area (Å²) in [5, 5.41) is 13.0. The number of aliphatic hydroxyl groups is 1. The minimum absolute atomic E-state index is 0.00746. The zero-order chi connectivity index (χ0) is 27.9. The van der Waals surface area contributed by atoms with Gasteiger partial charge in [0.2, 0.25) is 12.3 Å². The predicted octanol–water partition coefficient (Wildman–Crippen LogP) is 2.02. The molecule has 0 fully saturated rings. The van der Waals surface area contributed by atoms with E-state index in [0.717, 1.165) is 11.0 Å². The Morgan fingerprint density at radius 1 is 1.21 bits per heavy atom. The van der Waals surface area contributed by atoms with Crippen LogP contribution in [0.3, 0.4) is 0 Å². The Kier molecular flexibility index (Phi) is 6.88. The lowest BCUT2D eigenvalue weighted by atomic mass is 10.1. The summed E-state index contributed by atoms with van der Waals surface area (Å²) in [5.41, 5.74) is -0.999. The van der Waals surface area contributed by atoms with E-state index in [0.29, 0.717) is 0 Å². The van der Waals surface area contributed by atoms with Crippen molar-refractivity contribution in [1.29, 1.82) is 0 Å². The van der Waals surface area contributed by atoms with Crippen molar-refractivity contribution in [2.45, 2.75) is 39.3 Å². The average Bonchev–Trinajstić information content (AvgIpc) is 3.30. The minimum atomic E-state index is -4.60. The van der Waals surface area contributed by atoms with Crippen LogP contribution in [-0.2, 0) is 15.8 Å². The lowest BCUT2D eigenvalue weighted by Crippen LogP contribution is -2.55. The number of hydrogen-bond acceptors (Lipinski definition) is 9. The number of nitrogens with zero attached hydrogens (tertiary/aromatic N) is 7. The van der Waals surface area contributed by atoms with Gasteiger partial charge in [-0.25, -0.2) is 9.97 Å². The highest BCUT2D eigenvalue weighted by Gasteiger charge is 2.40. The second-order valence-corrected chi connectivity index (χ2v) is 8.73. The SMILES string of the molecule is CC(=O)CN1C(=O)c2c(ncn2[C@@H](C)C(=O)Nc2cncc(-c3cnc(C)c(C(F)(F)F)c3)n2)N(C)C1O. The fourth-order valence-electron chi connectivity index (χ4n) is 3.94. The first-order valence-corrected chi connectivity index (χ1v) is 11.2. The van der Waals surface area contributed by atoms with Gasteiger partial charge >= 0.3 is 6.18 Å². The molecule has 0 saturated heterocycles. The smallest absolute Gasteiger partial charge is 0.356 e. The summed E-state index contributed by atoms with van der Waals surface area (Å²) in [5.74, 6) is -1.59. The molecule has 4 heterocycles. The van der Waals surface area contributed by atoms with Crippen LogP contribution in [0.25, 0.3) is 11.3 Å². The summed E-state index contributed by atoms with van der Waals surface area (Å²) < 4.78 is 41.2. The lowest BCUT2D eigenvalue weighted by Gasteiger charge is -2.38. The van der Waals surface area contributed by atoms with E-state index in [1.54, 1.807) is 0 Å². The largest absolute Gasteiger partial charge is 0.418 e. The molecule has 12 nitrogen and oxygen atoms in total. The highest BCUT2D eigenvalue weighted by atomic mass is 19.4. The fraction of sp³-hybridized carbons (Fsp3) is 0.348. The van der Waals surface area contributed by atoms with E-state index in [9.17, 15) is 32.7 Å². The monoisotopic (exact) mass is 532 g/mol. The van der Waals surface area contributed by atoms with Crippen molar-refractivity contribution in [2.75, 3.05) is 23.8 Å². The van der Waals surface area contributed by atoms with E-state index in [1.165, 1.54) is 62.2 Å². The molecular weight excluding hydrogens is 509 g/mol. The number of amides is 2. The normalized spacial score (nSPS) is 16.3. The third-order valence-corrected chi connectivity index (χ3v) is 5.96. The van der Waals surface area contributed by atoms with Gasteiger partial charge in [-0.1, -0.05) is 0 Å². The number of hydrogen-bond donors (Lipinski definition) is 2. The van der Waals surface area contributed by atoms with Gasteiger partial charge in [-0.15, -0.1) is 0 Å². The Labute approximate surface area is 214 Å². The number of aromatic nitrogens is 5. The van der Waals surface area contributed by atoms with E-state index in [4.69, 9.17) is 0 Å². The number of rotatable bonds is 6. The third kappa shape index (κ3) is 4.91. The zero-order valence-electron chi connectivity index (χ0n) is 20.7. The number of carbonyl (C=O) groups excluding carboxylic acids is 3. The maximum absolute atomic E-state index is 13.3. The van der Waals surface area contributed by atoms with E-state index in [-0.39, 0.29) is 46.6 Å². The van der Waals surface area contributed by atoms with Crippen LogP contribution < -0.4 is 10.2 Å². The van der Waals surface area contributed by atoms with E-state index in [2.05, 4.69) is 25.3 Å². The molecule has 0 saturated carbocycles. The first kappa shape index (κ1) is 26.7. The summed E-state index contributed by atoms with van der Waals surface area (Å²) in [6.07, 6.45) is -1.09. The number of pyridine rings is 1. The standard InChI is InChI=1S/C23H23F3N8O4/c1-11(35)9-33-21(37)18-19(32(4)22(33)38)29-10-34(18)13(3)20(36)31-17-8-27-7-16(30-17)14-5-15(23(24,25)26)12(2)28-6-14/h5-8,10,13,22,38H,9H2,1-4H3,(H,30,31,36)/t13-,22?/m0/s1. The number of aliphatic hydroxyl groups excluding tert-OH is 1. The van der Waals surface area contributed by atoms with Crippen LogP contribution in [-0.4, -0.2) is 72.1 Å². The van der Waals surface area contributed by atoms with Gasteiger partial charge in [-0.3, -0.25) is 29.3 Å². The fourth-order valence-corrected chi connectivity index (χ4v) is 3.94. The Bertz CT molecular complexity index is 1420.